The maximum absolute atomic E-state index is 11.9. The number of hydrogen-bond acceptors (Lipinski definition) is 4. The van der Waals surface area contributed by atoms with Crippen LogP contribution in [-0.4, -0.2) is 31.4 Å². The maximum Gasteiger partial charge on any atom is 0.178 e. The van der Waals surface area contributed by atoms with Gasteiger partial charge >= 0.3 is 0 Å². The molecule has 1 heterocycles. The van der Waals surface area contributed by atoms with Crippen molar-refractivity contribution in [2.24, 2.45) is 5.92 Å². The normalized spacial score (nSPS) is 35.1. The highest BCUT2D eigenvalue weighted by Gasteiger charge is 2.43. The highest BCUT2D eigenvalue weighted by Crippen LogP contribution is 2.34. The van der Waals surface area contributed by atoms with Crippen LogP contribution >= 0.6 is 0 Å². The number of Topliss-reactive ketones (excluding diaryl/α,β-unsaturated/α-hetero) is 1. The lowest BCUT2D eigenvalue weighted by Crippen LogP contribution is -2.46. The Balaban J connectivity index is 2.25. The second-order valence-corrected chi connectivity index (χ2v) is 3.96. The quantitative estimate of drug-likeness (QED) is 0.501. The molecule has 3 atom stereocenters. The van der Waals surface area contributed by atoms with E-state index in [2.05, 4.69) is 0 Å². The Morgan fingerprint density at radius 3 is 3.00 bits per heavy atom. The number of ether oxygens (including phenoxy) is 2. The molecule has 0 aromatic rings. The predicted molar refractivity (Wildman–Crippen MR) is 52.2 cm³/mol. The van der Waals surface area contributed by atoms with E-state index in [0.29, 0.717) is 6.29 Å². The van der Waals surface area contributed by atoms with Gasteiger partial charge < -0.3 is 9.47 Å². The molecule has 1 saturated carbocycles. The summed E-state index contributed by atoms with van der Waals surface area (Å²) in [6.45, 7) is 0. The molecule has 0 aromatic heterocycles. The van der Waals surface area contributed by atoms with E-state index in [-0.39, 0.29) is 29.5 Å². The zero-order valence-corrected chi connectivity index (χ0v) is 8.64. The maximum atomic E-state index is 11.9. The van der Waals surface area contributed by atoms with Gasteiger partial charge in [-0.1, -0.05) is 0 Å². The van der Waals surface area contributed by atoms with Gasteiger partial charge in [-0.2, -0.15) is 0 Å². The fraction of sp³-hybridized carbons (Fsp3) is 0.636. The minimum Gasteiger partial charge on any atom is -0.496 e. The highest BCUT2D eigenvalue weighted by atomic mass is 16.5. The van der Waals surface area contributed by atoms with Crippen molar-refractivity contribution in [2.45, 2.75) is 31.5 Å². The van der Waals surface area contributed by atoms with Gasteiger partial charge in [-0.25, -0.2) is 0 Å². The number of allylic oxidation sites excluding steroid dienone is 1. The van der Waals surface area contributed by atoms with Gasteiger partial charge in [0.1, 0.15) is 6.10 Å². The number of carbonyl (C=O) groups is 2. The van der Waals surface area contributed by atoms with E-state index in [1.165, 1.54) is 6.26 Å². The van der Waals surface area contributed by atoms with Gasteiger partial charge in [0.05, 0.1) is 23.9 Å². The lowest BCUT2D eigenvalue weighted by atomic mass is 9.78. The molecule has 1 aliphatic heterocycles. The average molecular weight is 210 g/mol. The summed E-state index contributed by atoms with van der Waals surface area (Å²) in [7, 11) is 1.60. The SMILES string of the molecule is COC1CCCC2OC=C(C=O)C(=O)C12. The number of aldehydes is 1. The van der Waals surface area contributed by atoms with Gasteiger partial charge in [0, 0.05) is 7.11 Å². The first kappa shape index (κ1) is 10.4. The van der Waals surface area contributed by atoms with Crippen LogP contribution in [0.5, 0.6) is 0 Å². The first-order chi connectivity index (χ1) is 7.27. The Kier molecular flexibility index (Phi) is 2.86. The number of carbonyl (C=O) groups excluding carboxylic acids is 2. The predicted octanol–water partition coefficient (Wildman–Crippen LogP) is 0.852. The zero-order chi connectivity index (χ0) is 10.8. The number of fused-ring (bicyclic) bond motifs is 1. The van der Waals surface area contributed by atoms with Crippen molar-refractivity contribution < 1.29 is 19.1 Å². The molecule has 0 saturated heterocycles. The monoisotopic (exact) mass is 210 g/mol. The molecule has 0 bridgehead atoms. The van der Waals surface area contributed by atoms with E-state index in [9.17, 15) is 9.59 Å². The third-order valence-electron chi connectivity index (χ3n) is 3.17. The lowest BCUT2D eigenvalue weighted by Gasteiger charge is -2.37. The van der Waals surface area contributed by atoms with Crippen LogP contribution in [0.3, 0.4) is 0 Å². The average Bonchev–Trinajstić information content (AvgIpc) is 2.29. The van der Waals surface area contributed by atoms with Crippen LogP contribution in [0.25, 0.3) is 0 Å². The van der Waals surface area contributed by atoms with E-state index in [1.54, 1.807) is 7.11 Å². The van der Waals surface area contributed by atoms with Crippen molar-refractivity contribution in [3.63, 3.8) is 0 Å². The topological polar surface area (TPSA) is 52.6 Å². The molecule has 0 amide bonds. The van der Waals surface area contributed by atoms with Crippen LogP contribution in [0.15, 0.2) is 11.8 Å². The zero-order valence-electron chi connectivity index (χ0n) is 8.64. The summed E-state index contributed by atoms with van der Waals surface area (Å²) in [5, 5.41) is 0. The van der Waals surface area contributed by atoms with Crippen molar-refractivity contribution in [1.82, 2.24) is 0 Å². The first-order valence-corrected chi connectivity index (χ1v) is 5.15. The first-order valence-electron chi connectivity index (χ1n) is 5.15. The summed E-state index contributed by atoms with van der Waals surface area (Å²) in [6, 6.07) is 0. The standard InChI is InChI=1S/C11H14O4/c1-14-8-3-2-4-9-10(8)11(13)7(5-12)6-15-9/h5-6,8-10H,2-4H2,1H3. The van der Waals surface area contributed by atoms with Gasteiger partial charge in [-0.05, 0) is 19.3 Å². The van der Waals surface area contributed by atoms with Crippen LogP contribution in [0.4, 0.5) is 0 Å². The summed E-state index contributed by atoms with van der Waals surface area (Å²) < 4.78 is 10.7. The molecule has 2 aliphatic rings. The van der Waals surface area contributed by atoms with Crippen LogP contribution < -0.4 is 0 Å². The number of methoxy groups -OCH3 is 1. The molecular formula is C11H14O4. The van der Waals surface area contributed by atoms with E-state index in [1.807, 2.05) is 0 Å². The molecule has 0 radical (unpaired) electrons. The van der Waals surface area contributed by atoms with Crippen LogP contribution in [-0.2, 0) is 19.1 Å². The van der Waals surface area contributed by atoms with Crippen LogP contribution in [0.1, 0.15) is 19.3 Å². The number of ketones is 1. The summed E-state index contributed by atoms with van der Waals surface area (Å²) in [5.41, 5.74) is 0.125. The molecule has 1 aliphatic carbocycles. The molecule has 4 nitrogen and oxygen atoms in total. The van der Waals surface area contributed by atoms with Crippen molar-refractivity contribution >= 4 is 12.1 Å². The molecule has 1 fully saturated rings. The van der Waals surface area contributed by atoms with Crippen LogP contribution in [0, 0.1) is 5.92 Å². The number of hydrogen-bond donors (Lipinski definition) is 0. The lowest BCUT2D eigenvalue weighted by molar-refractivity contribution is -0.137. The Bertz CT molecular complexity index is 308. The van der Waals surface area contributed by atoms with Gasteiger partial charge in [-0.3, -0.25) is 9.59 Å². The number of rotatable bonds is 2. The minimum absolute atomic E-state index is 0.111. The van der Waals surface area contributed by atoms with Gasteiger partial charge in [0.25, 0.3) is 0 Å². The molecular weight excluding hydrogens is 196 g/mol. The van der Waals surface area contributed by atoms with Crippen molar-refractivity contribution in [1.29, 1.82) is 0 Å². The van der Waals surface area contributed by atoms with Crippen molar-refractivity contribution in [3.05, 3.63) is 11.8 Å². The van der Waals surface area contributed by atoms with Crippen LogP contribution in [0.2, 0.25) is 0 Å². The molecule has 0 aromatic carbocycles. The Hall–Kier alpha value is -1.16. The molecule has 4 heteroatoms. The summed E-state index contributed by atoms with van der Waals surface area (Å²) in [4.78, 5) is 22.5. The molecule has 82 valence electrons. The second kappa shape index (κ2) is 4.14. The Morgan fingerprint density at radius 2 is 2.33 bits per heavy atom. The largest absolute Gasteiger partial charge is 0.496 e. The third kappa shape index (κ3) is 1.69. The van der Waals surface area contributed by atoms with E-state index in [0.717, 1.165) is 19.3 Å². The van der Waals surface area contributed by atoms with E-state index >= 15 is 0 Å². The van der Waals surface area contributed by atoms with Gasteiger partial charge in [0.2, 0.25) is 0 Å². The minimum atomic E-state index is -0.297. The summed E-state index contributed by atoms with van der Waals surface area (Å²) in [6.07, 6.45) is 4.34. The highest BCUT2D eigenvalue weighted by molar-refractivity contribution is 6.13. The van der Waals surface area contributed by atoms with E-state index < -0.39 is 0 Å². The second-order valence-electron chi connectivity index (χ2n) is 3.96. The molecule has 3 unspecified atom stereocenters. The summed E-state index contributed by atoms with van der Waals surface area (Å²) in [5.74, 6) is -0.429. The van der Waals surface area contributed by atoms with Crippen molar-refractivity contribution in [3.8, 4) is 0 Å². The van der Waals surface area contributed by atoms with Gasteiger partial charge in [0.15, 0.2) is 12.1 Å². The molecule has 0 N–H and O–H groups in total. The Morgan fingerprint density at radius 1 is 1.53 bits per heavy atom. The van der Waals surface area contributed by atoms with E-state index in [4.69, 9.17) is 9.47 Å². The smallest absolute Gasteiger partial charge is 0.178 e. The summed E-state index contributed by atoms with van der Waals surface area (Å²) >= 11 is 0. The van der Waals surface area contributed by atoms with Crippen molar-refractivity contribution in [2.75, 3.05) is 7.11 Å². The van der Waals surface area contributed by atoms with Gasteiger partial charge in [-0.15, -0.1) is 0 Å². The molecule has 0 spiro atoms. The molecule has 15 heavy (non-hydrogen) atoms. The fourth-order valence-electron chi connectivity index (χ4n) is 2.37. The Labute approximate surface area is 88.2 Å². The molecule has 2 rings (SSSR count). The fourth-order valence-corrected chi connectivity index (χ4v) is 2.37. The third-order valence-corrected chi connectivity index (χ3v) is 3.17.